The lowest BCUT2D eigenvalue weighted by Crippen LogP contribution is -2.15. The highest BCUT2D eigenvalue weighted by molar-refractivity contribution is 6.03. The minimum absolute atomic E-state index is 0.0946. The van der Waals surface area contributed by atoms with Crippen molar-refractivity contribution in [1.82, 2.24) is 4.98 Å². The Morgan fingerprint density at radius 2 is 1.69 bits per heavy atom. The van der Waals surface area contributed by atoms with Gasteiger partial charge in [0.1, 0.15) is 17.3 Å². The van der Waals surface area contributed by atoms with Crippen LogP contribution in [0, 0.1) is 11.6 Å². The molecule has 0 unspecified atom stereocenters. The zero-order chi connectivity index (χ0) is 18.4. The highest BCUT2D eigenvalue weighted by Crippen LogP contribution is 2.15. The Morgan fingerprint density at radius 3 is 2.46 bits per heavy atom. The number of para-hydroxylation sites is 1. The fourth-order valence-electron chi connectivity index (χ4n) is 2.46. The van der Waals surface area contributed by atoms with Crippen molar-refractivity contribution in [3.8, 4) is 0 Å². The summed E-state index contributed by atoms with van der Waals surface area (Å²) in [4.78, 5) is 16.3. The largest absolute Gasteiger partial charge is 0.385 e. The van der Waals surface area contributed by atoms with Crippen LogP contribution in [0.5, 0.6) is 0 Å². The highest BCUT2D eigenvalue weighted by Gasteiger charge is 2.11. The molecule has 1 heterocycles. The van der Waals surface area contributed by atoms with Gasteiger partial charge in [-0.15, -0.1) is 0 Å². The fourth-order valence-corrected chi connectivity index (χ4v) is 2.46. The van der Waals surface area contributed by atoms with Gasteiger partial charge in [0.2, 0.25) is 0 Å². The third-order valence-electron chi connectivity index (χ3n) is 3.80. The zero-order valence-corrected chi connectivity index (χ0v) is 13.9. The second kappa shape index (κ2) is 8.20. The summed E-state index contributed by atoms with van der Waals surface area (Å²) in [5, 5.41) is 5.62. The predicted octanol–water partition coefficient (Wildman–Crippen LogP) is 4.27. The van der Waals surface area contributed by atoms with Crippen molar-refractivity contribution in [1.29, 1.82) is 0 Å². The number of benzene rings is 2. The molecule has 4 nitrogen and oxygen atoms in total. The molecular formula is C20H17F2N3O. The van der Waals surface area contributed by atoms with Gasteiger partial charge in [0.25, 0.3) is 5.91 Å². The lowest BCUT2D eigenvalue weighted by molar-refractivity contribution is 0.102. The number of nitrogens with one attached hydrogen (secondary N) is 2. The molecule has 3 aromatic rings. The van der Waals surface area contributed by atoms with Gasteiger partial charge in [-0.3, -0.25) is 9.78 Å². The van der Waals surface area contributed by atoms with Crippen LogP contribution in [0.2, 0.25) is 0 Å². The summed E-state index contributed by atoms with van der Waals surface area (Å²) in [6, 6.07) is 15.8. The number of aromatic nitrogens is 1. The SMILES string of the molecule is O=C(Nc1ccccc1F)c1cc(NCCc2ccccc2F)ccn1. The van der Waals surface area contributed by atoms with Gasteiger partial charge in [-0.2, -0.15) is 0 Å². The standard InChI is InChI=1S/C20H17F2N3O/c21-16-6-2-1-5-14(16)9-11-23-15-10-12-24-19(13-15)20(26)25-18-8-4-3-7-17(18)22/h1-8,10,12-13H,9,11H2,(H,23,24)(H,25,26). The first-order chi connectivity index (χ1) is 12.6. The number of hydrogen-bond donors (Lipinski definition) is 2. The number of pyridine rings is 1. The molecule has 0 saturated heterocycles. The molecule has 2 aromatic carbocycles. The normalized spacial score (nSPS) is 10.4. The van der Waals surface area contributed by atoms with E-state index in [0.717, 1.165) is 0 Å². The maximum atomic E-state index is 13.6. The van der Waals surface area contributed by atoms with E-state index in [0.29, 0.717) is 24.2 Å². The smallest absolute Gasteiger partial charge is 0.274 e. The molecule has 1 amide bonds. The van der Waals surface area contributed by atoms with Crippen molar-refractivity contribution in [2.24, 2.45) is 0 Å². The monoisotopic (exact) mass is 353 g/mol. The van der Waals surface area contributed by atoms with Gasteiger partial charge >= 0.3 is 0 Å². The molecule has 0 fully saturated rings. The Bertz CT molecular complexity index is 915. The number of carbonyl (C=O) groups excluding carboxylic acids is 1. The fraction of sp³-hybridized carbons (Fsp3) is 0.100. The van der Waals surface area contributed by atoms with Gasteiger partial charge < -0.3 is 10.6 Å². The zero-order valence-electron chi connectivity index (χ0n) is 13.9. The summed E-state index contributed by atoms with van der Waals surface area (Å²) in [7, 11) is 0. The molecule has 132 valence electrons. The second-order valence-electron chi connectivity index (χ2n) is 5.63. The lowest BCUT2D eigenvalue weighted by atomic mass is 10.1. The maximum absolute atomic E-state index is 13.6. The first-order valence-corrected chi connectivity index (χ1v) is 8.13. The molecule has 0 atom stereocenters. The minimum Gasteiger partial charge on any atom is -0.385 e. The van der Waals surface area contributed by atoms with Crippen molar-refractivity contribution in [3.63, 3.8) is 0 Å². The van der Waals surface area contributed by atoms with Crippen LogP contribution in [-0.4, -0.2) is 17.4 Å². The van der Waals surface area contributed by atoms with Gasteiger partial charge in [-0.1, -0.05) is 30.3 Å². The molecule has 0 aliphatic carbocycles. The molecule has 0 spiro atoms. The van der Waals surface area contributed by atoms with Crippen LogP contribution < -0.4 is 10.6 Å². The van der Waals surface area contributed by atoms with Crippen LogP contribution in [0.15, 0.2) is 66.9 Å². The van der Waals surface area contributed by atoms with Crippen LogP contribution in [0.3, 0.4) is 0 Å². The van der Waals surface area contributed by atoms with E-state index < -0.39 is 11.7 Å². The summed E-state index contributed by atoms with van der Waals surface area (Å²) in [6.45, 7) is 0.499. The first-order valence-electron chi connectivity index (χ1n) is 8.13. The van der Waals surface area contributed by atoms with Crippen LogP contribution in [0.25, 0.3) is 0 Å². The maximum Gasteiger partial charge on any atom is 0.274 e. The van der Waals surface area contributed by atoms with Crippen LogP contribution >= 0.6 is 0 Å². The topological polar surface area (TPSA) is 54.0 Å². The molecule has 3 rings (SSSR count). The number of anilines is 2. The predicted molar refractivity (Wildman–Crippen MR) is 97.2 cm³/mol. The van der Waals surface area contributed by atoms with Crippen molar-refractivity contribution < 1.29 is 13.6 Å². The summed E-state index contributed by atoms with van der Waals surface area (Å²) in [5.41, 5.74) is 1.54. The molecule has 1 aromatic heterocycles. The average molecular weight is 353 g/mol. The van der Waals surface area contributed by atoms with Crippen LogP contribution in [0.4, 0.5) is 20.2 Å². The molecule has 2 N–H and O–H groups in total. The molecule has 26 heavy (non-hydrogen) atoms. The number of halogens is 2. The third kappa shape index (κ3) is 4.42. The number of carbonyl (C=O) groups is 1. The van der Waals surface area contributed by atoms with Gasteiger partial charge in [-0.05, 0) is 42.3 Å². The van der Waals surface area contributed by atoms with Gasteiger partial charge in [0.15, 0.2) is 0 Å². The summed E-state index contributed by atoms with van der Waals surface area (Å²) in [5.74, 6) is -1.26. The third-order valence-corrected chi connectivity index (χ3v) is 3.80. The molecule has 0 radical (unpaired) electrons. The summed E-state index contributed by atoms with van der Waals surface area (Å²) in [6.07, 6.45) is 1.99. The van der Waals surface area contributed by atoms with E-state index in [-0.39, 0.29) is 17.2 Å². The first kappa shape index (κ1) is 17.5. The Morgan fingerprint density at radius 1 is 0.962 bits per heavy atom. The number of nitrogens with zero attached hydrogens (tertiary/aromatic N) is 1. The molecular weight excluding hydrogens is 336 g/mol. The summed E-state index contributed by atoms with van der Waals surface area (Å²) < 4.78 is 27.2. The quantitative estimate of drug-likeness (QED) is 0.696. The van der Waals surface area contributed by atoms with E-state index in [9.17, 15) is 13.6 Å². The van der Waals surface area contributed by atoms with Crippen LogP contribution in [0.1, 0.15) is 16.1 Å². The Balaban J connectivity index is 1.62. The Hall–Kier alpha value is -3.28. The molecule has 0 saturated carbocycles. The van der Waals surface area contributed by atoms with Crippen molar-refractivity contribution >= 4 is 17.3 Å². The highest BCUT2D eigenvalue weighted by atomic mass is 19.1. The van der Waals surface area contributed by atoms with Gasteiger partial charge in [0.05, 0.1) is 5.69 Å². The minimum atomic E-state index is -0.514. The van der Waals surface area contributed by atoms with Crippen LogP contribution in [-0.2, 0) is 6.42 Å². The van der Waals surface area contributed by atoms with E-state index in [2.05, 4.69) is 15.6 Å². The van der Waals surface area contributed by atoms with Crippen molar-refractivity contribution in [2.75, 3.05) is 17.2 Å². The second-order valence-corrected chi connectivity index (χ2v) is 5.63. The van der Waals surface area contributed by atoms with E-state index in [1.165, 1.54) is 24.4 Å². The molecule has 6 heteroatoms. The van der Waals surface area contributed by atoms with E-state index in [4.69, 9.17) is 0 Å². The number of rotatable bonds is 6. The van der Waals surface area contributed by atoms with Gasteiger partial charge in [-0.25, -0.2) is 8.78 Å². The van der Waals surface area contributed by atoms with Gasteiger partial charge in [0, 0.05) is 18.4 Å². The average Bonchev–Trinajstić information content (AvgIpc) is 2.65. The Labute approximate surface area is 149 Å². The number of hydrogen-bond acceptors (Lipinski definition) is 3. The van der Waals surface area contributed by atoms with E-state index in [1.807, 2.05) is 0 Å². The number of amides is 1. The molecule has 0 bridgehead atoms. The molecule has 0 aliphatic rings. The summed E-state index contributed by atoms with van der Waals surface area (Å²) >= 11 is 0. The van der Waals surface area contributed by atoms with Crippen molar-refractivity contribution in [3.05, 3.63) is 89.8 Å². The van der Waals surface area contributed by atoms with E-state index in [1.54, 1.807) is 42.5 Å². The Kier molecular flexibility index (Phi) is 5.53. The van der Waals surface area contributed by atoms with Crippen molar-refractivity contribution in [2.45, 2.75) is 6.42 Å². The molecule has 0 aliphatic heterocycles. The van der Waals surface area contributed by atoms with E-state index >= 15 is 0 Å². The lowest BCUT2D eigenvalue weighted by Gasteiger charge is -2.09.